The van der Waals surface area contributed by atoms with Gasteiger partial charge in [-0.3, -0.25) is 9.78 Å². The molecule has 0 aliphatic carbocycles. The Balaban J connectivity index is 1.32. The second-order valence-corrected chi connectivity index (χ2v) is 7.46. The third kappa shape index (κ3) is 4.18. The zero-order valence-electron chi connectivity index (χ0n) is 14.4. The zero-order chi connectivity index (χ0) is 18.6. The number of halogens is 1. The number of H-pyrrole nitrogens is 1. The summed E-state index contributed by atoms with van der Waals surface area (Å²) in [6.07, 6.45) is 6.43. The van der Waals surface area contributed by atoms with E-state index < -0.39 is 0 Å². The van der Waals surface area contributed by atoms with E-state index in [0.717, 1.165) is 32.7 Å². The number of pyridine rings is 1. The molecule has 0 spiro atoms. The molecule has 0 aliphatic rings. The van der Waals surface area contributed by atoms with Crippen LogP contribution in [0.1, 0.15) is 11.3 Å². The van der Waals surface area contributed by atoms with E-state index in [1.807, 2.05) is 41.9 Å². The fourth-order valence-corrected chi connectivity index (χ4v) is 3.92. The number of amides is 1. The summed E-state index contributed by atoms with van der Waals surface area (Å²) in [6.45, 7) is 0.554. The van der Waals surface area contributed by atoms with Crippen LogP contribution in [0.2, 0.25) is 5.02 Å². The number of nitrogens with one attached hydrogen (secondary N) is 2. The lowest BCUT2D eigenvalue weighted by molar-refractivity contribution is -0.120. The molecular formula is C20H17ClN4OS. The molecule has 2 N–H and O–H groups in total. The molecule has 0 saturated heterocycles. The fourth-order valence-electron chi connectivity index (χ4n) is 2.91. The summed E-state index contributed by atoms with van der Waals surface area (Å²) in [5.41, 5.74) is 3.90. The maximum absolute atomic E-state index is 12.3. The average Bonchev–Trinajstić information content (AvgIpc) is 3.30. The normalized spacial score (nSPS) is 11.0. The van der Waals surface area contributed by atoms with Crippen molar-refractivity contribution >= 4 is 39.7 Å². The molecule has 1 aromatic carbocycles. The maximum Gasteiger partial charge on any atom is 0.224 e. The second-order valence-electron chi connectivity index (χ2n) is 6.17. The van der Waals surface area contributed by atoms with Crippen molar-refractivity contribution in [3.8, 4) is 10.6 Å². The molecule has 136 valence electrons. The Labute approximate surface area is 165 Å². The molecule has 1 amide bonds. The van der Waals surface area contributed by atoms with E-state index in [9.17, 15) is 4.79 Å². The molecule has 3 aromatic heterocycles. The van der Waals surface area contributed by atoms with Crippen LogP contribution in [0, 0.1) is 0 Å². The molecule has 0 aliphatic heterocycles. The highest BCUT2D eigenvalue weighted by molar-refractivity contribution is 7.13. The quantitative estimate of drug-likeness (QED) is 0.512. The van der Waals surface area contributed by atoms with E-state index in [0.29, 0.717) is 24.4 Å². The summed E-state index contributed by atoms with van der Waals surface area (Å²) >= 11 is 7.65. The van der Waals surface area contributed by atoms with Gasteiger partial charge in [0.1, 0.15) is 5.01 Å². The van der Waals surface area contributed by atoms with Crippen molar-refractivity contribution in [3.05, 3.63) is 70.6 Å². The van der Waals surface area contributed by atoms with E-state index in [1.165, 1.54) is 0 Å². The minimum atomic E-state index is -0.0152. The number of hydrogen-bond acceptors (Lipinski definition) is 4. The average molecular weight is 397 g/mol. The molecule has 4 aromatic rings. The van der Waals surface area contributed by atoms with Gasteiger partial charge in [-0.25, -0.2) is 4.98 Å². The Morgan fingerprint density at radius 2 is 2.22 bits per heavy atom. The highest BCUT2D eigenvalue weighted by Crippen LogP contribution is 2.23. The number of carbonyl (C=O) groups is 1. The standard InChI is InChI=1S/C20H17ClN4OS/c21-15-3-4-18-17(9-15)14(11-24-18)8-19(26)23-7-5-16-12-27-20(25-16)13-2-1-6-22-10-13/h1-4,6,9-12,24H,5,7-8H2,(H,23,26). The predicted molar refractivity (Wildman–Crippen MR) is 109 cm³/mol. The lowest BCUT2D eigenvalue weighted by Gasteiger charge is -2.04. The summed E-state index contributed by atoms with van der Waals surface area (Å²) < 4.78 is 0. The molecule has 0 radical (unpaired) electrons. The summed E-state index contributed by atoms with van der Waals surface area (Å²) in [5, 5.41) is 7.58. The Bertz CT molecular complexity index is 1070. The van der Waals surface area contributed by atoms with Crippen LogP contribution in [0.3, 0.4) is 0 Å². The highest BCUT2D eigenvalue weighted by atomic mass is 35.5. The predicted octanol–water partition coefficient (Wildman–Crippen LogP) is 4.24. The van der Waals surface area contributed by atoms with Crippen molar-refractivity contribution in [3.63, 3.8) is 0 Å². The number of fused-ring (bicyclic) bond motifs is 1. The zero-order valence-corrected chi connectivity index (χ0v) is 16.0. The summed E-state index contributed by atoms with van der Waals surface area (Å²) in [7, 11) is 0. The van der Waals surface area contributed by atoms with Gasteiger partial charge in [0.15, 0.2) is 0 Å². The summed E-state index contributed by atoms with van der Waals surface area (Å²) in [6, 6.07) is 9.52. The van der Waals surface area contributed by atoms with E-state index in [1.54, 1.807) is 23.7 Å². The monoisotopic (exact) mass is 396 g/mol. The van der Waals surface area contributed by atoms with Gasteiger partial charge < -0.3 is 10.3 Å². The van der Waals surface area contributed by atoms with Gasteiger partial charge in [0, 0.05) is 58.4 Å². The molecular weight excluding hydrogens is 380 g/mol. The van der Waals surface area contributed by atoms with Crippen LogP contribution < -0.4 is 5.32 Å². The van der Waals surface area contributed by atoms with E-state index >= 15 is 0 Å². The SMILES string of the molecule is O=C(Cc1c[nH]c2ccc(Cl)cc12)NCCc1csc(-c2cccnc2)n1. The third-order valence-electron chi connectivity index (χ3n) is 4.24. The first-order valence-electron chi connectivity index (χ1n) is 8.56. The minimum Gasteiger partial charge on any atom is -0.361 e. The van der Waals surface area contributed by atoms with E-state index in [4.69, 9.17) is 11.6 Å². The van der Waals surface area contributed by atoms with Crippen LogP contribution in [0.25, 0.3) is 21.5 Å². The first-order valence-corrected chi connectivity index (χ1v) is 9.82. The first-order chi connectivity index (χ1) is 13.2. The van der Waals surface area contributed by atoms with Gasteiger partial charge in [0.05, 0.1) is 12.1 Å². The van der Waals surface area contributed by atoms with Crippen LogP contribution in [0.15, 0.2) is 54.3 Å². The molecule has 0 atom stereocenters. The van der Waals surface area contributed by atoms with Gasteiger partial charge in [-0.15, -0.1) is 11.3 Å². The van der Waals surface area contributed by atoms with Crippen molar-refractivity contribution in [2.24, 2.45) is 0 Å². The van der Waals surface area contributed by atoms with Crippen LogP contribution >= 0.6 is 22.9 Å². The van der Waals surface area contributed by atoms with Crippen LogP contribution in [0.4, 0.5) is 0 Å². The Morgan fingerprint density at radius 1 is 1.30 bits per heavy atom. The van der Waals surface area contributed by atoms with E-state index in [-0.39, 0.29) is 5.91 Å². The number of benzene rings is 1. The highest BCUT2D eigenvalue weighted by Gasteiger charge is 2.10. The topological polar surface area (TPSA) is 70.7 Å². The number of aromatic nitrogens is 3. The molecule has 0 unspecified atom stereocenters. The van der Waals surface area contributed by atoms with Crippen LogP contribution in [-0.4, -0.2) is 27.4 Å². The number of thiazole rings is 1. The maximum atomic E-state index is 12.3. The number of hydrogen-bond donors (Lipinski definition) is 2. The first kappa shape index (κ1) is 17.7. The Hall–Kier alpha value is -2.70. The second kappa shape index (κ2) is 7.90. The van der Waals surface area contributed by atoms with Crippen molar-refractivity contribution < 1.29 is 4.79 Å². The number of carbonyl (C=O) groups excluding carboxylic acids is 1. The third-order valence-corrected chi connectivity index (χ3v) is 5.42. The molecule has 27 heavy (non-hydrogen) atoms. The summed E-state index contributed by atoms with van der Waals surface area (Å²) in [5.74, 6) is -0.0152. The number of nitrogens with zero attached hydrogens (tertiary/aromatic N) is 2. The van der Waals surface area contributed by atoms with Gasteiger partial charge in [0.2, 0.25) is 5.91 Å². The Kier molecular flexibility index (Phi) is 5.18. The van der Waals surface area contributed by atoms with Crippen molar-refractivity contribution in [1.82, 2.24) is 20.3 Å². The van der Waals surface area contributed by atoms with Gasteiger partial charge in [-0.1, -0.05) is 11.6 Å². The fraction of sp³-hybridized carbons (Fsp3) is 0.150. The largest absolute Gasteiger partial charge is 0.361 e. The van der Waals surface area contributed by atoms with Gasteiger partial charge in [-0.05, 0) is 35.9 Å². The number of rotatable bonds is 6. The van der Waals surface area contributed by atoms with Gasteiger partial charge in [0.25, 0.3) is 0 Å². The smallest absolute Gasteiger partial charge is 0.224 e. The van der Waals surface area contributed by atoms with Crippen LogP contribution in [-0.2, 0) is 17.6 Å². The van der Waals surface area contributed by atoms with Gasteiger partial charge in [-0.2, -0.15) is 0 Å². The lowest BCUT2D eigenvalue weighted by Crippen LogP contribution is -2.27. The molecule has 7 heteroatoms. The van der Waals surface area contributed by atoms with Gasteiger partial charge >= 0.3 is 0 Å². The molecule has 5 nitrogen and oxygen atoms in total. The lowest BCUT2D eigenvalue weighted by atomic mass is 10.1. The van der Waals surface area contributed by atoms with Crippen LogP contribution in [0.5, 0.6) is 0 Å². The molecule has 3 heterocycles. The molecule has 0 fully saturated rings. The van der Waals surface area contributed by atoms with E-state index in [2.05, 4.69) is 20.3 Å². The van der Waals surface area contributed by atoms with Crippen molar-refractivity contribution in [2.45, 2.75) is 12.8 Å². The van der Waals surface area contributed by atoms with Crippen molar-refractivity contribution in [1.29, 1.82) is 0 Å². The Morgan fingerprint density at radius 3 is 3.07 bits per heavy atom. The summed E-state index contributed by atoms with van der Waals surface area (Å²) in [4.78, 5) is 24.2. The molecule has 0 bridgehead atoms. The number of aromatic amines is 1. The van der Waals surface area contributed by atoms with Crippen molar-refractivity contribution in [2.75, 3.05) is 6.54 Å². The molecule has 4 rings (SSSR count). The molecule has 0 saturated carbocycles. The minimum absolute atomic E-state index is 0.0152.